The van der Waals surface area contributed by atoms with Crippen molar-refractivity contribution in [3.63, 3.8) is 0 Å². The van der Waals surface area contributed by atoms with Gasteiger partial charge in [-0.15, -0.1) is 0 Å². The third kappa shape index (κ3) is 8.10. The molecule has 0 aliphatic carbocycles. The van der Waals surface area contributed by atoms with Crippen LogP contribution < -0.4 is 15.9 Å². The predicted octanol–water partition coefficient (Wildman–Crippen LogP) is 7.14. The zero-order valence-electron chi connectivity index (χ0n) is 18.5. The highest BCUT2D eigenvalue weighted by atomic mass is 31.1. The first-order valence-electron chi connectivity index (χ1n) is 10.2. The maximum Gasteiger partial charge on any atom is -0.0134 e. The van der Waals surface area contributed by atoms with Crippen LogP contribution in [0.1, 0.15) is 52.7 Å². The lowest BCUT2D eigenvalue weighted by molar-refractivity contribution is 1.49. The molecule has 3 aromatic rings. The largest absolute Gasteiger partial charge is 0.0683 e. The third-order valence-electron chi connectivity index (χ3n) is 3.60. The molecule has 0 saturated carbocycles. The van der Waals surface area contributed by atoms with E-state index in [9.17, 15) is 0 Å². The van der Waals surface area contributed by atoms with Gasteiger partial charge in [0.15, 0.2) is 0 Å². The van der Waals surface area contributed by atoms with Crippen LogP contribution in [0, 0.1) is 13.8 Å². The van der Waals surface area contributed by atoms with Gasteiger partial charge in [-0.3, -0.25) is 0 Å². The van der Waals surface area contributed by atoms with E-state index >= 15 is 0 Å². The number of rotatable bonds is 3. The van der Waals surface area contributed by atoms with Gasteiger partial charge in [0.05, 0.1) is 0 Å². The highest BCUT2D eigenvalue weighted by molar-refractivity contribution is 7.79. The van der Waals surface area contributed by atoms with Gasteiger partial charge in [-0.2, -0.15) is 0 Å². The van der Waals surface area contributed by atoms with E-state index in [1.807, 2.05) is 41.5 Å². The van der Waals surface area contributed by atoms with E-state index in [1.54, 1.807) is 0 Å². The molecule has 0 aliphatic heterocycles. The highest BCUT2D eigenvalue weighted by Crippen LogP contribution is 2.32. The summed E-state index contributed by atoms with van der Waals surface area (Å²) in [6.07, 6.45) is 0. The first kappa shape index (κ1) is 25.1. The topological polar surface area (TPSA) is 0 Å². The third-order valence-corrected chi connectivity index (χ3v) is 6.04. The number of benzene rings is 3. The number of hydrogen-bond acceptors (Lipinski definition) is 0. The lowest BCUT2D eigenvalue weighted by Crippen LogP contribution is -2.20. The molecular formula is C26H37P. The van der Waals surface area contributed by atoms with E-state index < -0.39 is 7.92 Å². The van der Waals surface area contributed by atoms with Gasteiger partial charge in [0.1, 0.15) is 0 Å². The molecule has 3 aromatic carbocycles. The van der Waals surface area contributed by atoms with E-state index in [4.69, 9.17) is 0 Å². The lowest BCUT2D eigenvalue weighted by atomic mass is 10.2. The average Bonchev–Trinajstić information content (AvgIpc) is 2.76. The SMILES string of the molecule is CC.CC.CC.Cc1ccc(P(c2ccccc2)c2ccc(C)cc2)cc1. The van der Waals surface area contributed by atoms with Gasteiger partial charge in [-0.25, -0.2) is 0 Å². The van der Waals surface area contributed by atoms with E-state index in [0.29, 0.717) is 0 Å². The van der Waals surface area contributed by atoms with Crippen LogP contribution in [0.2, 0.25) is 0 Å². The smallest absolute Gasteiger partial charge is 0.0134 e. The summed E-state index contributed by atoms with van der Waals surface area (Å²) in [5.41, 5.74) is 2.62. The van der Waals surface area contributed by atoms with Gasteiger partial charge < -0.3 is 0 Å². The van der Waals surface area contributed by atoms with E-state index in [-0.39, 0.29) is 0 Å². The molecule has 0 atom stereocenters. The van der Waals surface area contributed by atoms with Crippen molar-refractivity contribution < 1.29 is 0 Å². The van der Waals surface area contributed by atoms with Crippen LogP contribution in [-0.4, -0.2) is 0 Å². The molecule has 0 N–H and O–H groups in total. The van der Waals surface area contributed by atoms with Gasteiger partial charge in [0, 0.05) is 0 Å². The van der Waals surface area contributed by atoms with E-state index in [2.05, 4.69) is 92.7 Å². The number of aryl methyl sites for hydroxylation is 2. The van der Waals surface area contributed by atoms with Crippen molar-refractivity contribution in [2.45, 2.75) is 55.4 Å². The Kier molecular flexibility index (Phi) is 14.1. The Hall–Kier alpha value is -1.91. The van der Waals surface area contributed by atoms with Crippen LogP contribution in [0.25, 0.3) is 0 Å². The summed E-state index contributed by atoms with van der Waals surface area (Å²) in [5.74, 6) is 0. The first-order valence-corrected chi connectivity index (χ1v) is 11.6. The summed E-state index contributed by atoms with van der Waals surface area (Å²) in [6.45, 7) is 16.3. The summed E-state index contributed by atoms with van der Waals surface area (Å²) in [4.78, 5) is 0. The Morgan fingerprint density at radius 1 is 0.407 bits per heavy atom. The second-order valence-corrected chi connectivity index (χ2v) is 7.56. The maximum atomic E-state index is 2.27. The van der Waals surface area contributed by atoms with Crippen LogP contribution in [0.5, 0.6) is 0 Å². The first-order chi connectivity index (χ1) is 13.2. The molecule has 1 heteroatoms. The van der Waals surface area contributed by atoms with Crippen molar-refractivity contribution in [2.75, 3.05) is 0 Å². The molecule has 0 amide bonds. The van der Waals surface area contributed by atoms with Gasteiger partial charge in [0.2, 0.25) is 0 Å². The van der Waals surface area contributed by atoms with Crippen LogP contribution >= 0.6 is 7.92 Å². The molecule has 0 saturated heterocycles. The fourth-order valence-corrected chi connectivity index (χ4v) is 4.67. The van der Waals surface area contributed by atoms with Crippen LogP contribution in [0.15, 0.2) is 78.9 Å². The molecular weight excluding hydrogens is 343 g/mol. The van der Waals surface area contributed by atoms with Gasteiger partial charge in [0.25, 0.3) is 0 Å². The molecule has 3 rings (SSSR count). The Labute approximate surface area is 169 Å². The zero-order chi connectivity index (χ0) is 20.7. The Bertz CT molecular complexity index is 652. The molecule has 27 heavy (non-hydrogen) atoms. The van der Waals surface area contributed by atoms with Crippen molar-refractivity contribution in [1.82, 2.24) is 0 Å². The zero-order valence-corrected chi connectivity index (χ0v) is 19.3. The standard InChI is InChI=1S/C20H19P.3C2H6/c1-16-8-12-19(13-9-16)21(18-6-4-3-5-7-18)20-14-10-17(2)11-15-20;3*1-2/h3-15H,1-2H3;3*1-2H3. The predicted molar refractivity (Wildman–Crippen MR) is 129 cm³/mol. The van der Waals surface area contributed by atoms with Gasteiger partial charge in [-0.1, -0.05) is 132 Å². The molecule has 0 radical (unpaired) electrons. The second kappa shape index (κ2) is 15.2. The van der Waals surface area contributed by atoms with Crippen LogP contribution in [-0.2, 0) is 0 Å². The molecule has 0 spiro atoms. The van der Waals surface area contributed by atoms with Crippen molar-refractivity contribution in [3.8, 4) is 0 Å². The van der Waals surface area contributed by atoms with Crippen LogP contribution in [0.4, 0.5) is 0 Å². The van der Waals surface area contributed by atoms with Gasteiger partial charge in [-0.05, 0) is 37.7 Å². The van der Waals surface area contributed by atoms with Crippen molar-refractivity contribution in [1.29, 1.82) is 0 Å². The molecule has 0 aromatic heterocycles. The highest BCUT2D eigenvalue weighted by Gasteiger charge is 2.15. The minimum atomic E-state index is -0.471. The molecule has 0 aliphatic rings. The minimum absolute atomic E-state index is 0.471. The molecule has 0 unspecified atom stereocenters. The van der Waals surface area contributed by atoms with Crippen molar-refractivity contribution >= 4 is 23.8 Å². The minimum Gasteiger partial charge on any atom is -0.0683 e. The fraction of sp³-hybridized carbons (Fsp3) is 0.308. The molecule has 0 bridgehead atoms. The quantitative estimate of drug-likeness (QED) is 0.424. The molecule has 0 fully saturated rings. The molecule has 0 nitrogen and oxygen atoms in total. The average molecular weight is 381 g/mol. The van der Waals surface area contributed by atoms with Crippen LogP contribution in [0.3, 0.4) is 0 Å². The van der Waals surface area contributed by atoms with Crippen molar-refractivity contribution in [3.05, 3.63) is 90.0 Å². The normalized spacial score (nSPS) is 9.07. The summed E-state index contributed by atoms with van der Waals surface area (Å²) >= 11 is 0. The summed E-state index contributed by atoms with van der Waals surface area (Å²) < 4.78 is 0. The lowest BCUT2D eigenvalue weighted by Gasteiger charge is -2.19. The second-order valence-electron chi connectivity index (χ2n) is 5.34. The van der Waals surface area contributed by atoms with E-state index in [1.165, 1.54) is 27.0 Å². The van der Waals surface area contributed by atoms with Gasteiger partial charge >= 0.3 is 0 Å². The number of hydrogen-bond donors (Lipinski definition) is 0. The maximum absolute atomic E-state index is 2.27. The summed E-state index contributed by atoms with van der Waals surface area (Å²) in [7, 11) is -0.471. The summed E-state index contributed by atoms with van der Waals surface area (Å²) in [6, 6.07) is 28.8. The summed E-state index contributed by atoms with van der Waals surface area (Å²) in [5, 5.41) is 4.22. The Balaban J connectivity index is 0.00000103. The Morgan fingerprint density at radius 3 is 1.04 bits per heavy atom. The van der Waals surface area contributed by atoms with E-state index in [0.717, 1.165) is 0 Å². The molecule has 0 heterocycles. The van der Waals surface area contributed by atoms with Crippen molar-refractivity contribution in [2.24, 2.45) is 0 Å². The Morgan fingerprint density at radius 2 is 0.704 bits per heavy atom. The fourth-order valence-electron chi connectivity index (χ4n) is 2.41. The monoisotopic (exact) mass is 380 g/mol. The molecule has 146 valence electrons.